The highest BCUT2D eigenvalue weighted by molar-refractivity contribution is 7.67. The molecule has 0 aromatic heterocycles. The molecule has 0 saturated heterocycles. The van der Waals surface area contributed by atoms with Gasteiger partial charge in [-0.05, 0) is 66.4 Å². The van der Waals surface area contributed by atoms with Crippen LogP contribution in [0.5, 0.6) is 5.75 Å². The molecule has 1 N–H and O–H groups in total. The average Bonchev–Trinajstić information content (AvgIpc) is 2.83. The van der Waals surface area contributed by atoms with Crippen molar-refractivity contribution in [3.05, 3.63) is 84.4 Å². The van der Waals surface area contributed by atoms with Gasteiger partial charge < -0.3 is 19.5 Å². The van der Waals surface area contributed by atoms with E-state index in [1.54, 1.807) is 7.11 Å². The third kappa shape index (κ3) is 6.40. The zero-order valence-electron chi connectivity index (χ0n) is 20.2. The highest BCUT2D eigenvalue weighted by atomic mass is 31.2. The minimum absolute atomic E-state index is 0.424. The smallest absolute Gasteiger partial charge is 0.258 e. The summed E-state index contributed by atoms with van der Waals surface area (Å²) in [6, 6.07) is 25.4. The standard InChI is InChI=1S/C27H35N2O3P/c1-21(2)19-20-32-33(30,26-17-13-24(14-18-26)29(3)4)27(28-23-9-7-6-8-10-23)22-11-15-25(31-5)16-12-22/h6-18,21,27-28H,19-20H2,1-5H3. The molecule has 3 aromatic rings. The van der Waals surface area contributed by atoms with Gasteiger partial charge >= 0.3 is 0 Å². The van der Waals surface area contributed by atoms with E-state index in [4.69, 9.17) is 9.26 Å². The molecule has 0 aliphatic carbocycles. The zero-order valence-corrected chi connectivity index (χ0v) is 21.1. The number of ether oxygens (including phenoxy) is 1. The van der Waals surface area contributed by atoms with Crippen LogP contribution in [0.1, 0.15) is 31.6 Å². The van der Waals surface area contributed by atoms with Crippen LogP contribution in [0.2, 0.25) is 0 Å². The highest BCUT2D eigenvalue weighted by Crippen LogP contribution is 2.59. The number of para-hydroxylation sites is 1. The Balaban J connectivity index is 2.08. The first kappa shape index (κ1) is 24.9. The summed E-state index contributed by atoms with van der Waals surface area (Å²) in [4.78, 5) is 2.03. The van der Waals surface area contributed by atoms with Crippen molar-refractivity contribution in [2.24, 2.45) is 5.92 Å². The number of nitrogens with zero attached hydrogens (tertiary/aromatic N) is 1. The molecule has 0 saturated carbocycles. The topological polar surface area (TPSA) is 50.8 Å². The fourth-order valence-corrected chi connectivity index (χ4v) is 5.94. The first-order valence-corrected chi connectivity index (χ1v) is 13.0. The molecule has 0 bridgehead atoms. The number of rotatable bonds is 11. The van der Waals surface area contributed by atoms with Crippen molar-refractivity contribution in [1.29, 1.82) is 0 Å². The quantitative estimate of drug-likeness (QED) is 0.325. The van der Waals surface area contributed by atoms with Crippen molar-refractivity contribution >= 4 is 24.0 Å². The number of hydrogen-bond donors (Lipinski definition) is 1. The number of methoxy groups -OCH3 is 1. The van der Waals surface area contributed by atoms with Crippen LogP contribution in [0.4, 0.5) is 11.4 Å². The first-order valence-electron chi connectivity index (χ1n) is 11.3. The van der Waals surface area contributed by atoms with E-state index in [2.05, 4.69) is 19.2 Å². The molecule has 176 valence electrons. The Morgan fingerprint density at radius 3 is 2.09 bits per heavy atom. The SMILES string of the molecule is COc1ccc(C(Nc2ccccc2)P(=O)(OCCC(C)C)c2ccc(N(C)C)cc2)cc1. The summed E-state index contributed by atoms with van der Waals surface area (Å²) in [5, 5.41) is 4.20. The molecule has 0 fully saturated rings. The molecule has 2 unspecified atom stereocenters. The normalized spacial score (nSPS) is 13.9. The molecule has 0 amide bonds. The molecule has 2 atom stereocenters. The molecule has 0 heterocycles. The van der Waals surface area contributed by atoms with Crippen LogP contribution in [-0.4, -0.2) is 27.8 Å². The van der Waals surface area contributed by atoms with Gasteiger partial charge in [-0.3, -0.25) is 4.57 Å². The summed E-state index contributed by atoms with van der Waals surface area (Å²) in [5.41, 5.74) is 2.81. The molecular formula is C27H35N2O3P. The van der Waals surface area contributed by atoms with Gasteiger partial charge in [0.15, 0.2) is 0 Å². The Bertz CT molecular complexity index is 1040. The van der Waals surface area contributed by atoms with E-state index < -0.39 is 13.2 Å². The predicted octanol–water partition coefficient (Wildman–Crippen LogP) is 6.54. The third-order valence-electron chi connectivity index (χ3n) is 5.55. The molecule has 0 radical (unpaired) electrons. The number of nitrogens with one attached hydrogen (secondary N) is 1. The Kier molecular flexibility index (Phi) is 8.60. The summed E-state index contributed by atoms with van der Waals surface area (Å²) in [6.07, 6.45) is 0.834. The molecule has 33 heavy (non-hydrogen) atoms. The molecule has 5 nitrogen and oxygen atoms in total. The molecule has 3 aromatic carbocycles. The second kappa shape index (κ2) is 11.4. The van der Waals surface area contributed by atoms with E-state index in [1.807, 2.05) is 97.9 Å². The molecule has 0 spiro atoms. The maximum atomic E-state index is 14.8. The Hall–Kier alpha value is -2.75. The second-order valence-corrected chi connectivity index (χ2v) is 11.2. The molecular weight excluding hydrogens is 431 g/mol. The van der Waals surface area contributed by atoms with Crippen LogP contribution in [-0.2, 0) is 9.09 Å². The lowest BCUT2D eigenvalue weighted by Gasteiger charge is -2.30. The Morgan fingerprint density at radius 1 is 0.909 bits per heavy atom. The Labute approximate surface area is 198 Å². The van der Waals surface area contributed by atoms with Gasteiger partial charge in [0.1, 0.15) is 11.5 Å². The van der Waals surface area contributed by atoms with E-state index in [0.29, 0.717) is 17.8 Å². The van der Waals surface area contributed by atoms with Gasteiger partial charge in [-0.15, -0.1) is 0 Å². The summed E-state index contributed by atoms with van der Waals surface area (Å²) < 4.78 is 26.5. The summed E-state index contributed by atoms with van der Waals surface area (Å²) in [7, 11) is 2.25. The average molecular weight is 467 g/mol. The van der Waals surface area contributed by atoms with Crippen LogP contribution in [0.15, 0.2) is 78.9 Å². The van der Waals surface area contributed by atoms with Crippen LogP contribution in [0.3, 0.4) is 0 Å². The van der Waals surface area contributed by atoms with Crippen molar-refractivity contribution < 1.29 is 13.8 Å². The fraction of sp³-hybridized carbons (Fsp3) is 0.333. The fourth-order valence-electron chi connectivity index (χ4n) is 3.52. The van der Waals surface area contributed by atoms with E-state index in [9.17, 15) is 4.57 Å². The maximum Gasteiger partial charge on any atom is 0.258 e. The van der Waals surface area contributed by atoms with Crippen LogP contribution in [0.25, 0.3) is 0 Å². The van der Waals surface area contributed by atoms with Crippen LogP contribution >= 0.6 is 7.37 Å². The van der Waals surface area contributed by atoms with Crippen molar-refractivity contribution in [3.8, 4) is 5.75 Å². The van der Waals surface area contributed by atoms with Crippen molar-refractivity contribution in [2.45, 2.75) is 26.1 Å². The van der Waals surface area contributed by atoms with Gasteiger partial charge in [-0.1, -0.05) is 44.2 Å². The summed E-state index contributed by atoms with van der Waals surface area (Å²) >= 11 is 0. The third-order valence-corrected chi connectivity index (χ3v) is 8.24. The van der Waals surface area contributed by atoms with Gasteiger partial charge in [0.25, 0.3) is 7.37 Å². The van der Waals surface area contributed by atoms with E-state index in [0.717, 1.165) is 29.1 Å². The predicted molar refractivity (Wildman–Crippen MR) is 139 cm³/mol. The number of hydrogen-bond acceptors (Lipinski definition) is 5. The Morgan fingerprint density at radius 2 is 1.55 bits per heavy atom. The van der Waals surface area contributed by atoms with Gasteiger partial charge in [-0.25, -0.2) is 0 Å². The van der Waals surface area contributed by atoms with Gasteiger partial charge in [0, 0.05) is 30.8 Å². The molecule has 3 rings (SSSR count). The van der Waals surface area contributed by atoms with E-state index >= 15 is 0 Å². The molecule has 6 heteroatoms. The van der Waals surface area contributed by atoms with E-state index in [1.165, 1.54) is 0 Å². The van der Waals surface area contributed by atoms with E-state index in [-0.39, 0.29) is 0 Å². The summed E-state index contributed by atoms with van der Waals surface area (Å²) in [5.74, 6) is 0.655. The van der Waals surface area contributed by atoms with Gasteiger partial charge in [0.05, 0.1) is 13.7 Å². The summed E-state index contributed by atoms with van der Waals surface area (Å²) in [6.45, 7) is 4.71. The lowest BCUT2D eigenvalue weighted by atomic mass is 10.2. The lowest BCUT2D eigenvalue weighted by molar-refractivity contribution is 0.290. The van der Waals surface area contributed by atoms with Gasteiger partial charge in [0.2, 0.25) is 0 Å². The van der Waals surface area contributed by atoms with Crippen molar-refractivity contribution in [1.82, 2.24) is 0 Å². The lowest BCUT2D eigenvalue weighted by Crippen LogP contribution is -2.21. The monoisotopic (exact) mass is 466 g/mol. The number of benzene rings is 3. The highest BCUT2D eigenvalue weighted by Gasteiger charge is 2.38. The maximum absolute atomic E-state index is 14.8. The zero-order chi connectivity index (χ0) is 23.8. The van der Waals surface area contributed by atoms with Crippen LogP contribution < -0.4 is 20.3 Å². The van der Waals surface area contributed by atoms with Crippen molar-refractivity contribution in [3.63, 3.8) is 0 Å². The minimum atomic E-state index is -3.37. The number of anilines is 2. The largest absolute Gasteiger partial charge is 0.497 e. The minimum Gasteiger partial charge on any atom is -0.497 e. The van der Waals surface area contributed by atoms with Crippen LogP contribution in [0, 0.1) is 5.92 Å². The second-order valence-electron chi connectivity index (χ2n) is 8.71. The van der Waals surface area contributed by atoms with Gasteiger partial charge in [-0.2, -0.15) is 0 Å². The molecule has 0 aliphatic heterocycles. The first-order chi connectivity index (χ1) is 15.8. The van der Waals surface area contributed by atoms with Crippen molar-refractivity contribution in [2.75, 3.05) is 38.0 Å². The molecule has 0 aliphatic rings.